The molecule has 6 nitrogen and oxygen atoms in total. The Morgan fingerprint density at radius 2 is 2.24 bits per heavy atom. The van der Waals surface area contributed by atoms with Crippen LogP contribution in [-0.4, -0.2) is 38.9 Å². The molecule has 1 aliphatic heterocycles. The van der Waals surface area contributed by atoms with E-state index in [0.29, 0.717) is 17.2 Å². The van der Waals surface area contributed by atoms with Crippen LogP contribution in [0, 0.1) is 19.8 Å². The zero-order valence-electron chi connectivity index (χ0n) is 15.5. The lowest BCUT2D eigenvalue weighted by Gasteiger charge is -2.32. The second-order valence-corrected chi connectivity index (χ2v) is 7.12. The Morgan fingerprint density at radius 1 is 1.40 bits per heavy atom. The molecule has 1 aliphatic rings. The lowest BCUT2D eigenvalue weighted by atomic mass is 9.97. The minimum absolute atomic E-state index is 0.0845. The first-order valence-electron chi connectivity index (χ1n) is 9.32. The number of hydrogen-bond acceptors (Lipinski definition) is 4. The summed E-state index contributed by atoms with van der Waals surface area (Å²) in [5.74, 6) is 2.01. The van der Waals surface area contributed by atoms with Gasteiger partial charge in [-0.15, -0.1) is 5.10 Å². The van der Waals surface area contributed by atoms with Gasteiger partial charge in [-0.05, 0) is 51.5 Å². The van der Waals surface area contributed by atoms with Gasteiger partial charge in [-0.1, -0.05) is 18.6 Å². The predicted octanol–water partition coefficient (Wildman–Crippen LogP) is 3.38. The van der Waals surface area contributed by atoms with Gasteiger partial charge >= 0.3 is 0 Å². The summed E-state index contributed by atoms with van der Waals surface area (Å²) in [7, 11) is 0. The van der Waals surface area contributed by atoms with Crippen LogP contribution in [0.1, 0.15) is 60.2 Å². The molecule has 1 fully saturated rings. The summed E-state index contributed by atoms with van der Waals surface area (Å²) < 4.78 is 7.46. The predicted molar refractivity (Wildman–Crippen MR) is 95.4 cm³/mol. The zero-order valence-corrected chi connectivity index (χ0v) is 15.5. The average molecular weight is 344 g/mol. The van der Waals surface area contributed by atoms with Crippen LogP contribution in [0.2, 0.25) is 0 Å². The molecule has 3 rings (SSSR count). The second kappa shape index (κ2) is 7.85. The van der Waals surface area contributed by atoms with Crippen molar-refractivity contribution in [2.24, 2.45) is 5.92 Å². The molecule has 1 atom stereocenters. The third-order valence-corrected chi connectivity index (χ3v) is 4.90. The molecule has 2 aromatic heterocycles. The summed E-state index contributed by atoms with van der Waals surface area (Å²) in [6.45, 7) is 8.33. The van der Waals surface area contributed by atoms with E-state index in [0.717, 1.165) is 56.8 Å². The Bertz CT molecular complexity index is 719. The Balaban J connectivity index is 1.60. The number of aromatic nitrogens is 3. The minimum atomic E-state index is 0.0845. The molecule has 136 valence electrons. The minimum Gasteiger partial charge on any atom is -0.466 e. The topological polar surface area (TPSA) is 64.2 Å². The monoisotopic (exact) mass is 344 g/mol. The fraction of sp³-hybridized carbons (Fsp3) is 0.632. The van der Waals surface area contributed by atoms with Crippen LogP contribution in [0.15, 0.2) is 16.7 Å². The first-order valence-corrected chi connectivity index (χ1v) is 9.32. The second-order valence-electron chi connectivity index (χ2n) is 7.12. The van der Waals surface area contributed by atoms with E-state index >= 15 is 0 Å². The molecular formula is C19H28N4O2. The first-order chi connectivity index (χ1) is 12.1. The van der Waals surface area contributed by atoms with Crippen molar-refractivity contribution >= 4 is 5.91 Å². The summed E-state index contributed by atoms with van der Waals surface area (Å²) in [6.07, 6.45) is 7.51. The largest absolute Gasteiger partial charge is 0.466 e. The molecule has 1 saturated heterocycles. The molecule has 2 aromatic rings. The van der Waals surface area contributed by atoms with Gasteiger partial charge < -0.3 is 9.32 Å². The fourth-order valence-electron chi connectivity index (χ4n) is 3.58. The molecule has 0 N–H and O–H groups in total. The van der Waals surface area contributed by atoms with E-state index in [2.05, 4.69) is 23.4 Å². The van der Waals surface area contributed by atoms with Gasteiger partial charge in [0.05, 0.1) is 11.3 Å². The molecule has 0 unspecified atom stereocenters. The third kappa shape index (κ3) is 4.30. The van der Waals surface area contributed by atoms with Gasteiger partial charge in [-0.25, -0.2) is 0 Å². The number of aryl methyl sites for hydroxylation is 3. The summed E-state index contributed by atoms with van der Waals surface area (Å²) in [6, 6.07) is 1.85. The molecule has 3 heterocycles. The van der Waals surface area contributed by atoms with Crippen LogP contribution < -0.4 is 0 Å². The maximum absolute atomic E-state index is 12.8. The normalized spacial score (nSPS) is 17.9. The van der Waals surface area contributed by atoms with E-state index < -0.39 is 0 Å². The first kappa shape index (κ1) is 17.7. The Morgan fingerprint density at radius 3 is 2.96 bits per heavy atom. The number of unbranched alkanes of at least 4 members (excludes halogenated alkanes) is 1. The van der Waals surface area contributed by atoms with Crippen molar-refractivity contribution in [3.8, 4) is 0 Å². The number of piperidine rings is 1. The van der Waals surface area contributed by atoms with Gasteiger partial charge in [0.25, 0.3) is 5.91 Å². The Kier molecular flexibility index (Phi) is 5.56. The van der Waals surface area contributed by atoms with E-state index in [1.807, 2.05) is 29.5 Å². The Labute approximate surface area is 149 Å². The van der Waals surface area contributed by atoms with Gasteiger partial charge in [0.1, 0.15) is 11.5 Å². The average Bonchev–Trinajstić information content (AvgIpc) is 3.18. The summed E-state index contributed by atoms with van der Waals surface area (Å²) in [5, 5.41) is 8.51. The molecule has 0 bridgehead atoms. The van der Waals surface area contributed by atoms with Crippen LogP contribution in [0.5, 0.6) is 0 Å². The van der Waals surface area contributed by atoms with Crippen molar-refractivity contribution < 1.29 is 9.21 Å². The highest BCUT2D eigenvalue weighted by Crippen LogP contribution is 2.22. The van der Waals surface area contributed by atoms with Crippen molar-refractivity contribution in [2.75, 3.05) is 13.1 Å². The molecule has 25 heavy (non-hydrogen) atoms. The smallest absolute Gasteiger partial charge is 0.257 e. The number of amides is 1. The molecule has 0 saturated carbocycles. The highest BCUT2D eigenvalue weighted by molar-refractivity contribution is 5.95. The number of carbonyl (C=O) groups is 1. The molecule has 0 spiro atoms. The number of nitrogens with zero attached hydrogens (tertiary/aromatic N) is 4. The maximum Gasteiger partial charge on any atom is 0.257 e. The zero-order chi connectivity index (χ0) is 17.8. The van der Waals surface area contributed by atoms with Gasteiger partial charge in [0.15, 0.2) is 0 Å². The van der Waals surface area contributed by atoms with E-state index in [9.17, 15) is 4.79 Å². The van der Waals surface area contributed by atoms with E-state index in [4.69, 9.17) is 4.42 Å². The van der Waals surface area contributed by atoms with Crippen LogP contribution in [-0.2, 0) is 13.0 Å². The quantitative estimate of drug-likeness (QED) is 0.806. The molecule has 6 heteroatoms. The highest BCUT2D eigenvalue weighted by atomic mass is 16.3. The number of furan rings is 1. The SMILES string of the molecule is CCCCc1cn(C[C@H]2CCCN(C(=O)c3cc(C)oc3C)C2)nn1. The number of likely N-dealkylation sites (tertiary alicyclic amines) is 1. The maximum atomic E-state index is 12.8. The van der Waals surface area contributed by atoms with Crippen molar-refractivity contribution in [1.82, 2.24) is 19.9 Å². The van der Waals surface area contributed by atoms with Crippen LogP contribution >= 0.6 is 0 Å². The van der Waals surface area contributed by atoms with Crippen molar-refractivity contribution in [3.05, 3.63) is 35.0 Å². The number of carbonyl (C=O) groups excluding carboxylic acids is 1. The highest BCUT2D eigenvalue weighted by Gasteiger charge is 2.27. The van der Waals surface area contributed by atoms with E-state index in [1.165, 1.54) is 6.42 Å². The molecular weight excluding hydrogens is 316 g/mol. The lowest BCUT2D eigenvalue weighted by Crippen LogP contribution is -2.41. The summed E-state index contributed by atoms with van der Waals surface area (Å²) >= 11 is 0. The molecule has 0 radical (unpaired) electrons. The van der Waals surface area contributed by atoms with E-state index in [-0.39, 0.29) is 5.91 Å². The van der Waals surface area contributed by atoms with Crippen LogP contribution in [0.3, 0.4) is 0 Å². The van der Waals surface area contributed by atoms with Crippen LogP contribution in [0.4, 0.5) is 0 Å². The van der Waals surface area contributed by atoms with Gasteiger partial charge in [0.2, 0.25) is 0 Å². The summed E-state index contributed by atoms with van der Waals surface area (Å²) in [5.41, 5.74) is 1.76. The van der Waals surface area contributed by atoms with Crippen molar-refractivity contribution in [3.63, 3.8) is 0 Å². The van der Waals surface area contributed by atoms with Crippen molar-refractivity contribution in [2.45, 2.75) is 59.4 Å². The summed E-state index contributed by atoms with van der Waals surface area (Å²) in [4.78, 5) is 14.7. The molecule has 0 aliphatic carbocycles. The van der Waals surface area contributed by atoms with Crippen molar-refractivity contribution in [1.29, 1.82) is 0 Å². The molecule has 1 amide bonds. The number of rotatable bonds is 6. The lowest BCUT2D eigenvalue weighted by molar-refractivity contribution is 0.0657. The van der Waals surface area contributed by atoms with Crippen LogP contribution in [0.25, 0.3) is 0 Å². The molecule has 0 aromatic carbocycles. The van der Waals surface area contributed by atoms with Gasteiger partial charge in [0, 0.05) is 25.8 Å². The standard InChI is InChI=1S/C19H28N4O2/c1-4-5-8-17-13-23(21-20-17)12-16-7-6-9-22(11-16)19(24)18-10-14(2)25-15(18)3/h10,13,16H,4-9,11-12H2,1-3H3/t16-/m0/s1. The Hall–Kier alpha value is -2.11. The fourth-order valence-corrected chi connectivity index (χ4v) is 3.58. The number of hydrogen-bond donors (Lipinski definition) is 0. The van der Waals surface area contributed by atoms with E-state index in [1.54, 1.807) is 0 Å². The van der Waals surface area contributed by atoms with Gasteiger partial charge in [-0.2, -0.15) is 0 Å². The van der Waals surface area contributed by atoms with Gasteiger partial charge in [-0.3, -0.25) is 9.48 Å². The third-order valence-electron chi connectivity index (χ3n) is 4.90.